The SMILES string of the molecule is Cc1ncc(-c2cnc(OCCCF)c(F)c2)c(N2CCC(C)(C)CC2)c1[C@H](OC(C)(C)C)C(=O)O. The van der Waals surface area contributed by atoms with E-state index in [2.05, 4.69) is 28.7 Å². The molecule has 3 heterocycles. The molecule has 2 aromatic heterocycles. The minimum absolute atomic E-state index is 0.0231. The lowest BCUT2D eigenvalue weighted by Crippen LogP contribution is -2.39. The summed E-state index contributed by atoms with van der Waals surface area (Å²) in [5.41, 5.74) is 2.12. The summed E-state index contributed by atoms with van der Waals surface area (Å²) in [5, 5.41) is 10.2. The highest BCUT2D eigenvalue weighted by Crippen LogP contribution is 2.43. The number of alkyl halides is 1. The molecule has 0 aromatic carbocycles. The zero-order valence-corrected chi connectivity index (χ0v) is 22.0. The van der Waals surface area contributed by atoms with Crippen LogP contribution in [0.5, 0.6) is 5.88 Å². The molecule has 1 atom stereocenters. The van der Waals surface area contributed by atoms with Gasteiger partial charge in [-0.1, -0.05) is 13.8 Å². The van der Waals surface area contributed by atoms with Gasteiger partial charge in [0, 0.05) is 54.3 Å². The first-order chi connectivity index (χ1) is 16.8. The van der Waals surface area contributed by atoms with Gasteiger partial charge in [-0.15, -0.1) is 0 Å². The molecule has 1 N–H and O–H groups in total. The first-order valence-electron chi connectivity index (χ1n) is 12.3. The summed E-state index contributed by atoms with van der Waals surface area (Å²) in [4.78, 5) is 23.2. The molecule has 36 heavy (non-hydrogen) atoms. The fourth-order valence-corrected chi connectivity index (χ4v) is 4.30. The van der Waals surface area contributed by atoms with Crippen LogP contribution < -0.4 is 9.64 Å². The second-order valence-corrected chi connectivity index (χ2v) is 11.0. The van der Waals surface area contributed by atoms with Crippen LogP contribution in [0.3, 0.4) is 0 Å². The number of halogens is 2. The Morgan fingerprint density at radius 2 is 1.89 bits per heavy atom. The Morgan fingerprint density at radius 1 is 1.22 bits per heavy atom. The van der Waals surface area contributed by atoms with Crippen molar-refractivity contribution in [2.45, 2.75) is 72.5 Å². The van der Waals surface area contributed by atoms with E-state index in [1.807, 2.05) is 0 Å². The molecule has 1 saturated heterocycles. The zero-order chi connectivity index (χ0) is 26.7. The van der Waals surface area contributed by atoms with Crippen molar-refractivity contribution in [1.82, 2.24) is 9.97 Å². The number of hydrogen-bond donors (Lipinski definition) is 1. The molecule has 0 radical (unpaired) electrons. The maximum Gasteiger partial charge on any atom is 0.337 e. The largest absolute Gasteiger partial charge is 0.479 e. The number of aryl methyl sites for hydroxylation is 1. The molecule has 0 saturated carbocycles. The minimum Gasteiger partial charge on any atom is -0.479 e. The monoisotopic (exact) mass is 505 g/mol. The minimum atomic E-state index is -1.26. The van der Waals surface area contributed by atoms with Crippen molar-refractivity contribution in [3.05, 3.63) is 35.5 Å². The van der Waals surface area contributed by atoms with Gasteiger partial charge in [0.2, 0.25) is 5.88 Å². The highest BCUT2D eigenvalue weighted by molar-refractivity contribution is 5.86. The van der Waals surface area contributed by atoms with Gasteiger partial charge in [-0.05, 0) is 52.0 Å². The fraction of sp³-hybridized carbons (Fsp3) is 0.593. The van der Waals surface area contributed by atoms with Crippen LogP contribution in [-0.4, -0.2) is 53.0 Å². The number of carboxylic acid groups (broad SMARTS) is 1. The van der Waals surface area contributed by atoms with Crippen LogP contribution in [0.1, 0.15) is 71.2 Å². The summed E-state index contributed by atoms with van der Waals surface area (Å²) in [6, 6.07) is 1.30. The Balaban J connectivity index is 2.16. The summed E-state index contributed by atoms with van der Waals surface area (Å²) in [6.45, 7) is 12.5. The number of nitrogens with zero attached hydrogens (tertiary/aromatic N) is 3. The van der Waals surface area contributed by atoms with Crippen molar-refractivity contribution in [2.75, 3.05) is 31.3 Å². The van der Waals surface area contributed by atoms with Gasteiger partial charge in [0.25, 0.3) is 0 Å². The first kappa shape index (κ1) is 27.8. The van der Waals surface area contributed by atoms with Gasteiger partial charge in [0.1, 0.15) is 0 Å². The highest BCUT2D eigenvalue weighted by atomic mass is 19.1. The van der Waals surface area contributed by atoms with Crippen LogP contribution in [-0.2, 0) is 9.53 Å². The molecule has 1 aliphatic heterocycles. The molecule has 0 bridgehead atoms. The van der Waals surface area contributed by atoms with E-state index in [-0.39, 0.29) is 24.3 Å². The number of carbonyl (C=O) groups is 1. The molecule has 2 aromatic rings. The van der Waals surface area contributed by atoms with E-state index in [0.717, 1.165) is 12.8 Å². The number of rotatable bonds is 9. The van der Waals surface area contributed by atoms with E-state index in [1.165, 1.54) is 12.3 Å². The van der Waals surface area contributed by atoms with Crippen molar-refractivity contribution in [3.8, 4) is 17.0 Å². The Bertz CT molecular complexity index is 1080. The van der Waals surface area contributed by atoms with Gasteiger partial charge >= 0.3 is 5.97 Å². The first-order valence-corrected chi connectivity index (χ1v) is 12.3. The van der Waals surface area contributed by atoms with Crippen LogP contribution in [0.4, 0.5) is 14.5 Å². The molecular weight excluding hydrogens is 468 g/mol. The van der Waals surface area contributed by atoms with Gasteiger partial charge in [-0.3, -0.25) is 9.37 Å². The quantitative estimate of drug-likeness (QED) is 0.425. The highest BCUT2D eigenvalue weighted by Gasteiger charge is 2.36. The summed E-state index contributed by atoms with van der Waals surface area (Å²) in [5.74, 6) is -2.00. The summed E-state index contributed by atoms with van der Waals surface area (Å²) >= 11 is 0. The van der Waals surface area contributed by atoms with Crippen LogP contribution in [0.15, 0.2) is 18.5 Å². The third-order valence-corrected chi connectivity index (χ3v) is 6.31. The summed E-state index contributed by atoms with van der Waals surface area (Å²) in [6.07, 6.45) is 3.82. The number of aromatic nitrogens is 2. The lowest BCUT2D eigenvalue weighted by molar-refractivity contribution is -0.160. The molecule has 1 fully saturated rings. The number of ether oxygens (including phenoxy) is 2. The van der Waals surface area contributed by atoms with E-state index in [4.69, 9.17) is 9.47 Å². The fourth-order valence-electron chi connectivity index (χ4n) is 4.30. The van der Waals surface area contributed by atoms with Crippen LogP contribution >= 0.6 is 0 Å². The Labute approximate surface area is 211 Å². The van der Waals surface area contributed by atoms with E-state index >= 15 is 0 Å². The van der Waals surface area contributed by atoms with Crippen molar-refractivity contribution in [3.63, 3.8) is 0 Å². The molecule has 9 heteroatoms. The Hall–Kier alpha value is -2.81. The van der Waals surface area contributed by atoms with E-state index in [0.29, 0.717) is 41.2 Å². The van der Waals surface area contributed by atoms with Crippen molar-refractivity contribution in [1.29, 1.82) is 0 Å². The van der Waals surface area contributed by atoms with Crippen LogP contribution in [0, 0.1) is 18.2 Å². The van der Waals surface area contributed by atoms with E-state index in [1.54, 1.807) is 33.9 Å². The van der Waals surface area contributed by atoms with E-state index < -0.39 is 30.2 Å². The summed E-state index contributed by atoms with van der Waals surface area (Å²) < 4.78 is 38.6. The lowest BCUT2D eigenvalue weighted by Gasteiger charge is -2.40. The van der Waals surface area contributed by atoms with Crippen molar-refractivity contribution >= 4 is 11.7 Å². The molecule has 0 aliphatic carbocycles. The molecule has 1 aliphatic rings. The number of anilines is 1. The smallest absolute Gasteiger partial charge is 0.337 e. The van der Waals surface area contributed by atoms with Gasteiger partial charge in [-0.25, -0.2) is 14.2 Å². The van der Waals surface area contributed by atoms with Crippen LogP contribution in [0.2, 0.25) is 0 Å². The normalized spacial score (nSPS) is 16.6. The van der Waals surface area contributed by atoms with Crippen molar-refractivity contribution < 1.29 is 28.2 Å². The molecule has 0 unspecified atom stereocenters. The lowest BCUT2D eigenvalue weighted by atomic mass is 9.82. The van der Waals surface area contributed by atoms with Gasteiger partial charge in [0.15, 0.2) is 11.9 Å². The maximum atomic E-state index is 14.9. The average molecular weight is 506 g/mol. The molecule has 7 nitrogen and oxygen atoms in total. The van der Waals surface area contributed by atoms with E-state index in [9.17, 15) is 18.7 Å². The number of piperidine rings is 1. The summed E-state index contributed by atoms with van der Waals surface area (Å²) in [7, 11) is 0. The van der Waals surface area contributed by atoms with Gasteiger partial charge in [0.05, 0.1) is 24.6 Å². The van der Waals surface area contributed by atoms with Crippen molar-refractivity contribution in [2.24, 2.45) is 5.41 Å². The second kappa shape index (κ2) is 11.1. The average Bonchev–Trinajstić information content (AvgIpc) is 2.78. The standard InChI is InChI=1S/C27H37F2N3O4/c1-17-21(23(25(33)34)36-26(2,3)4)22(32-11-8-27(5,6)9-12-32)19(16-30-17)18-14-20(29)24(31-15-18)35-13-7-10-28/h14-16,23H,7-13H2,1-6H3,(H,33,34)/t23-/m0/s1. The predicted molar refractivity (Wildman–Crippen MR) is 135 cm³/mol. The van der Waals surface area contributed by atoms with Gasteiger partial charge < -0.3 is 19.5 Å². The molecule has 0 amide bonds. The maximum absolute atomic E-state index is 14.9. The molecular formula is C27H37F2N3O4. The molecule has 3 rings (SSSR count). The molecule has 0 spiro atoms. The Morgan fingerprint density at radius 3 is 2.44 bits per heavy atom. The second-order valence-electron chi connectivity index (χ2n) is 11.0. The third-order valence-electron chi connectivity index (χ3n) is 6.31. The van der Waals surface area contributed by atoms with Gasteiger partial charge in [-0.2, -0.15) is 0 Å². The third kappa shape index (κ3) is 6.69. The Kier molecular flexibility index (Phi) is 8.54. The predicted octanol–water partition coefficient (Wildman–Crippen LogP) is 5.90. The number of pyridine rings is 2. The van der Waals surface area contributed by atoms with Crippen LogP contribution in [0.25, 0.3) is 11.1 Å². The number of hydrogen-bond acceptors (Lipinski definition) is 6. The molecule has 198 valence electrons. The number of carboxylic acids is 1. The zero-order valence-electron chi connectivity index (χ0n) is 22.0. The topological polar surface area (TPSA) is 84.8 Å². The number of aliphatic carboxylic acids is 1.